The molecule has 1 atom stereocenters. The molecule has 1 heterocycles. The summed E-state index contributed by atoms with van der Waals surface area (Å²) in [6, 6.07) is 10.3. The number of benzene rings is 2. The lowest BCUT2D eigenvalue weighted by Gasteiger charge is -2.22. The number of carbonyl (C=O) groups excluding carboxylic acids is 2. The van der Waals surface area contributed by atoms with Gasteiger partial charge in [0.05, 0.1) is 7.11 Å². The first-order chi connectivity index (χ1) is 12.7. The minimum atomic E-state index is -3.96. The number of hydrogen-bond acceptors (Lipinski definition) is 5. The highest BCUT2D eigenvalue weighted by atomic mass is 79.9. The topological polar surface area (TPSA) is 114 Å². The summed E-state index contributed by atoms with van der Waals surface area (Å²) in [5.74, 6) is -0.322. The molecule has 1 unspecified atom stereocenters. The number of methoxy groups -OCH3 is 1. The second-order valence-electron chi connectivity index (χ2n) is 6.01. The predicted octanol–water partition coefficient (Wildman–Crippen LogP) is 2.31. The van der Waals surface area contributed by atoms with Gasteiger partial charge in [-0.05, 0) is 42.8 Å². The Morgan fingerprint density at radius 1 is 1.15 bits per heavy atom. The van der Waals surface area contributed by atoms with Gasteiger partial charge in [0, 0.05) is 10.2 Å². The van der Waals surface area contributed by atoms with E-state index in [9.17, 15) is 18.0 Å². The van der Waals surface area contributed by atoms with Gasteiger partial charge in [-0.15, -0.1) is 0 Å². The van der Waals surface area contributed by atoms with E-state index in [1.807, 2.05) is 0 Å². The summed E-state index contributed by atoms with van der Waals surface area (Å²) in [5.41, 5.74) is -0.608. The van der Waals surface area contributed by atoms with Crippen molar-refractivity contribution in [3.63, 3.8) is 0 Å². The average molecular weight is 454 g/mol. The van der Waals surface area contributed by atoms with Gasteiger partial charge in [-0.25, -0.2) is 13.2 Å². The van der Waals surface area contributed by atoms with Crippen LogP contribution in [0.1, 0.15) is 12.5 Å². The van der Waals surface area contributed by atoms with Crippen LogP contribution >= 0.6 is 15.9 Å². The van der Waals surface area contributed by atoms with E-state index in [0.29, 0.717) is 10.0 Å². The Morgan fingerprint density at radius 2 is 1.89 bits per heavy atom. The minimum absolute atomic E-state index is 0.0390. The highest BCUT2D eigenvalue weighted by Crippen LogP contribution is 2.31. The lowest BCUT2D eigenvalue weighted by Crippen LogP contribution is -2.40. The van der Waals surface area contributed by atoms with E-state index in [4.69, 9.17) is 4.74 Å². The molecule has 2 aromatic carbocycles. The van der Waals surface area contributed by atoms with Crippen molar-refractivity contribution in [2.24, 2.45) is 0 Å². The van der Waals surface area contributed by atoms with Crippen molar-refractivity contribution in [3.8, 4) is 5.75 Å². The number of anilines is 1. The third-order valence-corrected chi connectivity index (χ3v) is 6.05. The van der Waals surface area contributed by atoms with E-state index >= 15 is 0 Å². The minimum Gasteiger partial charge on any atom is -0.495 e. The van der Waals surface area contributed by atoms with Crippen molar-refractivity contribution in [2.75, 3.05) is 11.8 Å². The normalized spacial score (nSPS) is 19.4. The van der Waals surface area contributed by atoms with Gasteiger partial charge in [-0.3, -0.25) is 14.8 Å². The maximum atomic E-state index is 12.8. The monoisotopic (exact) mass is 453 g/mol. The third kappa shape index (κ3) is 3.62. The molecule has 1 aliphatic heterocycles. The number of amides is 3. The zero-order chi connectivity index (χ0) is 19.8. The zero-order valence-corrected chi connectivity index (χ0v) is 16.8. The number of nitrogens with one attached hydrogen (secondary N) is 3. The molecule has 1 aliphatic rings. The summed E-state index contributed by atoms with van der Waals surface area (Å²) in [5, 5.41) is 4.71. The van der Waals surface area contributed by atoms with Gasteiger partial charge in [0.1, 0.15) is 16.2 Å². The van der Waals surface area contributed by atoms with Gasteiger partial charge >= 0.3 is 6.03 Å². The van der Waals surface area contributed by atoms with Gasteiger partial charge in [0.2, 0.25) is 0 Å². The zero-order valence-electron chi connectivity index (χ0n) is 14.4. The first kappa shape index (κ1) is 19.2. The fourth-order valence-electron chi connectivity index (χ4n) is 2.71. The Bertz CT molecular complexity index is 1040. The standard InChI is InChI=1S/C17H16BrN3O5S/c1-17(15(22)19-16(23)20-17)10-4-3-5-12(8-10)21-27(24,25)14-9-11(18)6-7-13(14)26-2/h3-9,21H,1-2H3,(H2,19,20,22,23). The molecule has 0 saturated carbocycles. The number of imide groups is 1. The van der Waals surface area contributed by atoms with Crippen molar-refractivity contribution in [1.82, 2.24) is 10.6 Å². The maximum Gasteiger partial charge on any atom is 0.322 e. The quantitative estimate of drug-likeness (QED) is 0.601. The Labute approximate surface area is 164 Å². The predicted molar refractivity (Wildman–Crippen MR) is 102 cm³/mol. The van der Waals surface area contributed by atoms with Crippen molar-refractivity contribution in [2.45, 2.75) is 17.4 Å². The molecule has 10 heteroatoms. The van der Waals surface area contributed by atoms with Crippen LogP contribution in [0.3, 0.4) is 0 Å². The van der Waals surface area contributed by atoms with Crippen LogP contribution in [-0.4, -0.2) is 27.5 Å². The Hall–Kier alpha value is -2.59. The van der Waals surface area contributed by atoms with Crippen LogP contribution in [0, 0.1) is 0 Å². The Balaban J connectivity index is 1.96. The largest absolute Gasteiger partial charge is 0.495 e. The molecule has 8 nitrogen and oxygen atoms in total. The van der Waals surface area contributed by atoms with Crippen LogP contribution in [0.15, 0.2) is 51.8 Å². The molecule has 142 valence electrons. The van der Waals surface area contributed by atoms with Gasteiger partial charge in [-0.1, -0.05) is 28.1 Å². The van der Waals surface area contributed by atoms with Crippen LogP contribution in [-0.2, 0) is 20.4 Å². The highest BCUT2D eigenvalue weighted by Gasteiger charge is 2.43. The van der Waals surface area contributed by atoms with Crippen molar-refractivity contribution in [1.29, 1.82) is 0 Å². The van der Waals surface area contributed by atoms with E-state index < -0.39 is 27.5 Å². The number of rotatable bonds is 5. The fraction of sp³-hybridized carbons (Fsp3) is 0.176. The number of halogens is 1. The summed E-state index contributed by atoms with van der Waals surface area (Å²) < 4.78 is 33.8. The highest BCUT2D eigenvalue weighted by molar-refractivity contribution is 9.10. The molecule has 3 N–H and O–H groups in total. The second kappa shape index (κ2) is 6.86. The first-order valence-corrected chi connectivity index (χ1v) is 10.0. The summed E-state index contributed by atoms with van der Waals surface area (Å²) in [6.07, 6.45) is 0. The number of ether oxygens (including phenoxy) is 1. The smallest absolute Gasteiger partial charge is 0.322 e. The molecule has 3 rings (SSSR count). The SMILES string of the molecule is COc1ccc(Br)cc1S(=O)(=O)Nc1cccc(C2(C)NC(=O)NC2=O)c1. The molecular formula is C17H16BrN3O5S. The number of sulfonamides is 1. The van der Waals surface area contributed by atoms with Crippen LogP contribution in [0.2, 0.25) is 0 Å². The molecular weight excluding hydrogens is 438 g/mol. The van der Waals surface area contributed by atoms with E-state index in [-0.39, 0.29) is 16.3 Å². The molecule has 0 aromatic heterocycles. The van der Waals surface area contributed by atoms with Gasteiger partial charge in [-0.2, -0.15) is 0 Å². The lowest BCUT2D eigenvalue weighted by molar-refractivity contribution is -0.123. The molecule has 1 saturated heterocycles. The third-order valence-electron chi connectivity index (χ3n) is 4.15. The molecule has 1 fully saturated rings. The van der Waals surface area contributed by atoms with Gasteiger partial charge in [0.25, 0.3) is 15.9 Å². The first-order valence-electron chi connectivity index (χ1n) is 7.76. The van der Waals surface area contributed by atoms with E-state index in [1.165, 1.54) is 32.2 Å². The maximum absolute atomic E-state index is 12.8. The van der Waals surface area contributed by atoms with Crippen molar-refractivity contribution >= 4 is 43.6 Å². The van der Waals surface area contributed by atoms with Crippen molar-refractivity contribution < 1.29 is 22.7 Å². The molecule has 0 aliphatic carbocycles. The van der Waals surface area contributed by atoms with Crippen LogP contribution < -0.4 is 20.1 Å². The van der Waals surface area contributed by atoms with Crippen LogP contribution in [0.4, 0.5) is 10.5 Å². The van der Waals surface area contributed by atoms with E-state index in [2.05, 4.69) is 31.3 Å². The Kier molecular flexibility index (Phi) is 4.87. The molecule has 0 spiro atoms. The average Bonchev–Trinajstić information content (AvgIpc) is 2.88. The van der Waals surface area contributed by atoms with Crippen LogP contribution in [0.25, 0.3) is 0 Å². The number of carbonyl (C=O) groups is 2. The number of hydrogen-bond donors (Lipinski definition) is 3. The summed E-state index contributed by atoms with van der Waals surface area (Å²) in [7, 11) is -2.58. The molecule has 0 radical (unpaired) electrons. The second-order valence-corrected chi connectivity index (χ2v) is 8.58. The van der Waals surface area contributed by atoms with E-state index in [0.717, 1.165) is 0 Å². The number of urea groups is 1. The lowest BCUT2D eigenvalue weighted by atomic mass is 9.92. The van der Waals surface area contributed by atoms with Gasteiger partial charge < -0.3 is 10.1 Å². The summed E-state index contributed by atoms with van der Waals surface area (Å²) in [6.45, 7) is 1.54. The molecule has 0 bridgehead atoms. The Morgan fingerprint density at radius 3 is 2.52 bits per heavy atom. The van der Waals surface area contributed by atoms with Crippen molar-refractivity contribution in [3.05, 3.63) is 52.5 Å². The van der Waals surface area contributed by atoms with E-state index in [1.54, 1.807) is 24.3 Å². The summed E-state index contributed by atoms with van der Waals surface area (Å²) >= 11 is 3.25. The van der Waals surface area contributed by atoms with Gasteiger partial charge in [0.15, 0.2) is 0 Å². The molecule has 2 aromatic rings. The summed E-state index contributed by atoms with van der Waals surface area (Å²) in [4.78, 5) is 23.5. The fourth-order valence-corrected chi connectivity index (χ4v) is 4.47. The van der Waals surface area contributed by atoms with Crippen LogP contribution in [0.5, 0.6) is 5.75 Å². The molecule has 3 amide bonds. The molecule has 27 heavy (non-hydrogen) atoms.